The number of hydrogen-bond donors (Lipinski definition) is 1. The summed E-state index contributed by atoms with van der Waals surface area (Å²) in [6.45, 7) is 3.76. The van der Waals surface area contributed by atoms with Crippen molar-refractivity contribution in [2.75, 3.05) is 0 Å². The zero-order valence-corrected chi connectivity index (χ0v) is 11.9. The van der Waals surface area contributed by atoms with Crippen LogP contribution in [0.3, 0.4) is 0 Å². The topological polar surface area (TPSA) is 37.3 Å². The quantitative estimate of drug-likeness (QED) is 0.849. The van der Waals surface area contributed by atoms with Crippen LogP contribution in [0.4, 0.5) is 0 Å². The molecule has 0 bridgehead atoms. The maximum atomic E-state index is 12.3. The number of benzene rings is 1. The number of allylic oxidation sites excluding steroid dienone is 2. The van der Waals surface area contributed by atoms with Crippen LogP contribution in [0.2, 0.25) is 0 Å². The molecule has 2 unspecified atom stereocenters. The van der Waals surface area contributed by atoms with Gasteiger partial charge >= 0.3 is 0 Å². The van der Waals surface area contributed by atoms with Crippen molar-refractivity contribution >= 4 is 21.7 Å². The molecule has 0 saturated carbocycles. The highest BCUT2D eigenvalue weighted by Crippen LogP contribution is 2.25. The highest BCUT2D eigenvalue weighted by atomic mass is 79.9. The molecule has 0 aliphatic heterocycles. The summed E-state index contributed by atoms with van der Waals surface area (Å²) < 4.78 is 0.951. The van der Waals surface area contributed by atoms with E-state index in [0.29, 0.717) is 11.1 Å². The molecule has 1 aliphatic carbocycles. The van der Waals surface area contributed by atoms with Crippen molar-refractivity contribution in [3.8, 4) is 0 Å². The molecular formula is C15H15BrO2. The van der Waals surface area contributed by atoms with E-state index in [1.54, 1.807) is 18.2 Å². The molecule has 3 heteroatoms. The van der Waals surface area contributed by atoms with Gasteiger partial charge in [0, 0.05) is 21.5 Å². The lowest BCUT2D eigenvalue weighted by molar-refractivity contribution is 0.103. The lowest BCUT2D eigenvalue weighted by Gasteiger charge is -2.22. The van der Waals surface area contributed by atoms with Gasteiger partial charge in [-0.25, -0.2) is 0 Å². The summed E-state index contributed by atoms with van der Waals surface area (Å²) >= 11 is 3.35. The summed E-state index contributed by atoms with van der Waals surface area (Å²) in [7, 11) is 0. The molecule has 94 valence electrons. The number of carbonyl (C=O) groups is 1. The normalized spacial score (nSPS) is 23.3. The average molecular weight is 307 g/mol. The van der Waals surface area contributed by atoms with Gasteiger partial charge < -0.3 is 5.11 Å². The molecule has 0 radical (unpaired) electrons. The van der Waals surface area contributed by atoms with Crippen molar-refractivity contribution in [3.05, 3.63) is 57.6 Å². The summed E-state index contributed by atoms with van der Waals surface area (Å²) in [5, 5.41) is 9.82. The molecule has 0 fully saturated rings. The molecule has 2 rings (SSSR count). The number of hydrogen-bond acceptors (Lipinski definition) is 2. The fraction of sp³-hybridized carbons (Fsp3) is 0.267. The molecule has 2 atom stereocenters. The van der Waals surface area contributed by atoms with Crippen LogP contribution in [-0.4, -0.2) is 17.0 Å². The first-order valence-electron chi connectivity index (χ1n) is 5.87. The largest absolute Gasteiger partial charge is 0.388 e. The second kappa shape index (κ2) is 5.21. The van der Waals surface area contributed by atoms with Crippen LogP contribution in [0.25, 0.3) is 0 Å². The van der Waals surface area contributed by atoms with Crippen LogP contribution in [0.1, 0.15) is 24.2 Å². The van der Waals surface area contributed by atoms with Crippen molar-refractivity contribution in [2.24, 2.45) is 5.92 Å². The molecule has 0 aromatic heterocycles. The average Bonchev–Trinajstić information content (AvgIpc) is 2.35. The fourth-order valence-electron chi connectivity index (χ4n) is 2.08. The minimum Gasteiger partial charge on any atom is -0.388 e. The third kappa shape index (κ3) is 2.62. The summed E-state index contributed by atoms with van der Waals surface area (Å²) in [5.41, 5.74) is 2.16. The van der Waals surface area contributed by atoms with E-state index >= 15 is 0 Å². The van der Waals surface area contributed by atoms with Gasteiger partial charge in [-0.1, -0.05) is 28.9 Å². The van der Waals surface area contributed by atoms with Crippen molar-refractivity contribution in [1.82, 2.24) is 0 Å². The molecule has 1 N–H and O–H groups in total. The molecule has 1 aromatic carbocycles. The monoisotopic (exact) mass is 306 g/mol. The summed E-state index contributed by atoms with van der Waals surface area (Å²) in [6.07, 6.45) is 3.13. The zero-order valence-electron chi connectivity index (χ0n) is 10.4. The van der Waals surface area contributed by atoms with Crippen LogP contribution in [0.15, 0.2) is 52.0 Å². The molecule has 18 heavy (non-hydrogen) atoms. The van der Waals surface area contributed by atoms with Gasteiger partial charge in [-0.05, 0) is 42.8 Å². The van der Waals surface area contributed by atoms with Gasteiger partial charge in [0.1, 0.15) is 0 Å². The lowest BCUT2D eigenvalue weighted by Crippen LogP contribution is -2.22. The van der Waals surface area contributed by atoms with Crippen LogP contribution >= 0.6 is 15.9 Å². The minimum absolute atomic E-state index is 0.000556. The highest BCUT2D eigenvalue weighted by molar-refractivity contribution is 9.10. The predicted octanol–water partition coefficient (Wildman–Crippen LogP) is 3.52. The second-order valence-electron chi connectivity index (χ2n) is 4.65. The van der Waals surface area contributed by atoms with Gasteiger partial charge in [0.2, 0.25) is 0 Å². The Hall–Kier alpha value is -1.19. The van der Waals surface area contributed by atoms with Gasteiger partial charge in [-0.2, -0.15) is 0 Å². The Morgan fingerprint density at radius 3 is 2.44 bits per heavy atom. The third-order valence-corrected chi connectivity index (χ3v) is 3.69. The van der Waals surface area contributed by atoms with Crippen molar-refractivity contribution in [3.63, 3.8) is 0 Å². The first-order chi connectivity index (χ1) is 8.49. The summed E-state index contributed by atoms with van der Waals surface area (Å²) in [5.74, 6) is -0.0231. The fourth-order valence-corrected chi connectivity index (χ4v) is 2.34. The van der Waals surface area contributed by atoms with Gasteiger partial charge in [0.15, 0.2) is 5.78 Å². The smallest absolute Gasteiger partial charge is 0.192 e. The molecule has 0 amide bonds. The Balaban J connectivity index is 2.30. The molecule has 1 aromatic rings. The Morgan fingerprint density at radius 1 is 1.28 bits per heavy atom. The van der Waals surface area contributed by atoms with E-state index in [1.165, 1.54) is 0 Å². The third-order valence-electron chi connectivity index (χ3n) is 3.16. The number of rotatable bonds is 2. The molecule has 0 saturated heterocycles. The Kier molecular flexibility index (Phi) is 3.83. The lowest BCUT2D eigenvalue weighted by atomic mass is 9.87. The predicted molar refractivity (Wildman–Crippen MR) is 75.5 cm³/mol. The first kappa shape index (κ1) is 13.2. The molecule has 1 aliphatic rings. The second-order valence-corrected chi connectivity index (χ2v) is 5.57. The number of aliphatic hydroxyl groups is 1. The SMILES string of the molecule is CC1=CC(C(=O)c2ccc(Br)cc2)=CC(C)C1O. The van der Waals surface area contributed by atoms with Crippen LogP contribution in [0, 0.1) is 5.92 Å². The van der Waals surface area contributed by atoms with E-state index in [2.05, 4.69) is 15.9 Å². The number of carbonyl (C=O) groups excluding carboxylic acids is 1. The van der Waals surface area contributed by atoms with E-state index in [1.807, 2.05) is 32.1 Å². The van der Waals surface area contributed by atoms with E-state index in [9.17, 15) is 9.90 Å². The minimum atomic E-state index is -0.480. The molecule has 0 heterocycles. The van der Waals surface area contributed by atoms with Crippen molar-refractivity contribution < 1.29 is 9.90 Å². The zero-order chi connectivity index (χ0) is 13.3. The van der Waals surface area contributed by atoms with Gasteiger partial charge in [-0.15, -0.1) is 0 Å². The highest BCUT2D eigenvalue weighted by Gasteiger charge is 2.22. The Labute approximate surface area is 115 Å². The molecular weight excluding hydrogens is 292 g/mol. The van der Waals surface area contributed by atoms with Gasteiger partial charge in [0.05, 0.1) is 6.10 Å². The maximum absolute atomic E-state index is 12.3. The number of halogens is 1. The number of aliphatic hydroxyl groups excluding tert-OH is 1. The Morgan fingerprint density at radius 2 is 1.89 bits per heavy atom. The first-order valence-corrected chi connectivity index (χ1v) is 6.66. The van der Waals surface area contributed by atoms with E-state index in [-0.39, 0.29) is 11.7 Å². The van der Waals surface area contributed by atoms with E-state index < -0.39 is 6.10 Å². The number of Topliss-reactive ketones (excluding diaryl/α,β-unsaturated/α-hetero) is 1. The molecule has 2 nitrogen and oxygen atoms in total. The van der Waals surface area contributed by atoms with Crippen molar-refractivity contribution in [1.29, 1.82) is 0 Å². The van der Waals surface area contributed by atoms with Gasteiger partial charge in [-0.3, -0.25) is 4.79 Å². The van der Waals surface area contributed by atoms with Crippen LogP contribution in [-0.2, 0) is 0 Å². The van der Waals surface area contributed by atoms with Crippen molar-refractivity contribution in [2.45, 2.75) is 20.0 Å². The van der Waals surface area contributed by atoms with Gasteiger partial charge in [0.25, 0.3) is 0 Å². The summed E-state index contributed by atoms with van der Waals surface area (Å²) in [4.78, 5) is 12.3. The summed E-state index contributed by atoms with van der Waals surface area (Å²) in [6, 6.07) is 7.30. The standard InChI is InChI=1S/C15H15BrO2/c1-9-7-12(8-10(2)14(9)17)15(18)11-3-5-13(16)6-4-11/h3-9,14,17H,1-2H3. The van der Waals surface area contributed by atoms with E-state index in [0.717, 1.165) is 10.0 Å². The number of ketones is 1. The Bertz CT molecular complexity index is 526. The molecule has 0 spiro atoms. The van der Waals surface area contributed by atoms with Crippen LogP contribution in [0.5, 0.6) is 0 Å². The van der Waals surface area contributed by atoms with Crippen LogP contribution < -0.4 is 0 Å². The van der Waals surface area contributed by atoms with E-state index in [4.69, 9.17) is 0 Å². The maximum Gasteiger partial charge on any atom is 0.192 e.